The first-order chi connectivity index (χ1) is 11.0. The van der Waals surface area contributed by atoms with Crippen molar-refractivity contribution in [2.75, 3.05) is 13.1 Å². The van der Waals surface area contributed by atoms with Gasteiger partial charge in [0, 0.05) is 20.0 Å². The molecule has 1 aromatic heterocycles. The topological polar surface area (TPSA) is 62.6 Å². The summed E-state index contributed by atoms with van der Waals surface area (Å²) in [4.78, 5) is 25.2. The molecule has 1 aromatic carbocycles. The lowest BCUT2D eigenvalue weighted by molar-refractivity contribution is -0.130. The summed E-state index contributed by atoms with van der Waals surface area (Å²) in [6.45, 7) is 4.80. The number of nitrogens with zero attached hydrogens (tertiary/aromatic N) is 1. The zero-order valence-corrected chi connectivity index (χ0v) is 13.5. The Balaban J connectivity index is 1.77. The Kier molecular flexibility index (Phi) is 5.97. The third-order valence-corrected chi connectivity index (χ3v) is 3.52. The van der Waals surface area contributed by atoms with E-state index >= 15 is 0 Å². The Morgan fingerprint density at radius 3 is 2.70 bits per heavy atom. The van der Waals surface area contributed by atoms with E-state index in [9.17, 15) is 9.59 Å². The lowest BCUT2D eigenvalue weighted by Gasteiger charge is -2.20. The van der Waals surface area contributed by atoms with Crippen LogP contribution in [-0.2, 0) is 22.6 Å². The van der Waals surface area contributed by atoms with E-state index in [-0.39, 0.29) is 11.8 Å². The molecule has 0 aliphatic rings. The fourth-order valence-electron chi connectivity index (χ4n) is 2.34. The van der Waals surface area contributed by atoms with Gasteiger partial charge in [-0.2, -0.15) is 0 Å². The number of rotatable bonds is 7. The molecule has 5 heteroatoms. The van der Waals surface area contributed by atoms with E-state index in [1.165, 1.54) is 6.92 Å². The zero-order valence-electron chi connectivity index (χ0n) is 13.5. The molecule has 0 fully saturated rings. The Morgan fingerprint density at radius 1 is 1.22 bits per heavy atom. The SMILES string of the molecule is CC(=O)N(CCNC(=O)Cc1cccc(C)c1)Cc1ccco1. The number of carbonyl (C=O) groups is 2. The largest absolute Gasteiger partial charge is 0.467 e. The van der Waals surface area contributed by atoms with E-state index in [1.807, 2.05) is 37.3 Å². The van der Waals surface area contributed by atoms with Crippen molar-refractivity contribution in [2.24, 2.45) is 0 Å². The molecule has 2 amide bonds. The third-order valence-electron chi connectivity index (χ3n) is 3.52. The van der Waals surface area contributed by atoms with Gasteiger partial charge in [0.05, 0.1) is 19.2 Å². The van der Waals surface area contributed by atoms with Gasteiger partial charge in [-0.3, -0.25) is 9.59 Å². The minimum Gasteiger partial charge on any atom is -0.467 e. The van der Waals surface area contributed by atoms with Gasteiger partial charge in [0.1, 0.15) is 5.76 Å². The number of hydrogen-bond acceptors (Lipinski definition) is 3. The predicted molar refractivity (Wildman–Crippen MR) is 87.7 cm³/mol. The molecule has 2 aromatic rings. The van der Waals surface area contributed by atoms with Crippen LogP contribution in [0.2, 0.25) is 0 Å². The lowest BCUT2D eigenvalue weighted by Crippen LogP contribution is -2.37. The van der Waals surface area contributed by atoms with Gasteiger partial charge in [0.2, 0.25) is 11.8 Å². The summed E-state index contributed by atoms with van der Waals surface area (Å²) in [6, 6.07) is 11.5. The Bertz CT molecular complexity index is 650. The number of carbonyl (C=O) groups excluding carboxylic acids is 2. The molecule has 1 heterocycles. The zero-order chi connectivity index (χ0) is 16.7. The molecule has 0 spiro atoms. The maximum atomic E-state index is 12.0. The van der Waals surface area contributed by atoms with E-state index < -0.39 is 0 Å². The normalized spacial score (nSPS) is 10.3. The third kappa shape index (κ3) is 5.62. The fourth-order valence-corrected chi connectivity index (χ4v) is 2.34. The van der Waals surface area contributed by atoms with Crippen LogP contribution in [0.1, 0.15) is 23.8 Å². The minimum atomic E-state index is -0.0469. The van der Waals surface area contributed by atoms with Crippen LogP contribution in [0.5, 0.6) is 0 Å². The quantitative estimate of drug-likeness (QED) is 0.853. The highest BCUT2D eigenvalue weighted by Gasteiger charge is 2.11. The maximum absolute atomic E-state index is 12.0. The summed E-state index contributed by atoms with van der Waals surface area (Å²) in [5.74, 6) is 0.637. The van der Waals surface area contributed by atoms with Gasteiger partial charge in [-0.25, -0.2) is 0 Å². The number of nitrogens with one attached hydrogen (secondary N) is 1. The Labute approximate surface area is 136 Å². The molecular formula is C18H22N2O3. The molecule has 122 valence electrons. The van der Waals surface area contributed by atoms with Crippen LogP contribution in [0.15, 0.2) is 47.1 Å². The monoisotopic (exact) mass is 314 g/mol. The van der Waals surface area contributed by atoms with Gasteiger partial charge in [0.25, 0.3) is 0 Å². The van der Waals surface area contributed by atoms with Crippen LogP contribution >= 0.6 is 0 Å². The summed E-state index contributed by atoms with van der Waals surface area (Å²) in [5.41, 5.74) is 2.12. The second-order valence-electron chi connectivity index (χ2n) is 5.54. The first kappa shape index (κ1) is 16.8. The smallest absolute Gasteiger partial charge is 0.224 e. The second kappa shape index (κ2) is 8.17. The first-order valence-corrected chi connectivity index (χ1v) is 7.65. The number of hydrogen-bond donors (Lipinski definition) is 1. The van der Waals surface area contributed by atoms with Crippen molar-refractivity contribution >= 4 is 11.8 Å². The van der Waals surface area contributed by atoms with Crippen molar-refractivity contribution in [2.45, 2.75) is 26.8 Å². The summed E-state index contributed by atoms with van der Waals surface area (Å²) in [6.07, 6.45) is 1.93. The number of aryl methyl sites for hydroxylation is 1. The number of benzene rings is 1. The lowest BCUT2D eigenvalue weighted by atomic mass is 10.1. The van der Waals surface area contributed by atoms with Crippen molar-refractivity contribution in [1.82, 2.24) is 10.2 Å². The molecule has 0 aliphatic carbocycles. The molecule has 2 rings (SSSR count). The Morgan fingerprint density at radius 2 is 2.04 bits per heavy atom. The standard InChI is InChI=1S/C18H22N2O3/c1-14-5-3-6-16(11-14)12-18(22)19-8-9-20(15(2)21)13-17-7-4-10-23-17/h3-7,10-11H,8-9,12-13H2,1-2H3,(H,19,22). The highest BCUT2D eigenvalue weighted by molar-refractivity contribution is 5.78. The van der Waals surface area contributed by atoms with Gasteiger partial charge < -0.3 is 14.6 Å². The van der Waals surface area contributed by atoms with Gasteiger partial charge >= 0.3 is 0 Å². The van der Waals surface area contributed by atoms with Gasteiger partial charge in [-0.1, -0.05) is 29.8 Å². The number of furan rings is 1. The highest BCUT2D eigenvalue weighted by atomic mass is 16.3. The van der Waals surface area contributed by atoms with Gasteiger partial charge in [-0.15, -0.1) is 0 Å². The minimum absolute atomic E-state index is 0.0444. The molecule has 0 saturated carbocycles. The molecule has 0 radical (unpaired) electrons. The fraction of sp³-hybridized carbons (Fsp3) is 0.333. The van der Waals surface area contributed by atoms with E-state index in [2.05, 4.69) is 5.32 Å². The summed E-state index contributed by atoms with van der Waals surface area (Å²) in [5, 5.41) is 2.85. The van der Waals surface area contributed by atoms with Crippen molar-refractivity contribution in [3.8, 4) is 0 Å². The van der Waals surface area contributed by atoms with Gasteiger partial charge in [0.15, 0.2) is 0 Å². The van der Waals surface area contributed by atoms with Crippen LogP contribution in [0.3, 0.4) is 0 Å². The average Bonchev–Trinajstić information content (AvgIpc) is 2.99. The Hall–Kier alpha value is -2.56. The molecule has 0 atom stereocenters. The van der Waals surface area contributed by atoms with E-state index in [0.717, 1.165) is 16.9 Å². The summed E-state index contributed by atoms with van der Waals surface area (Å²) in [7, 11) is 0. The van der Waals surface area contributed by atoms with Crippen LogP contribution < -0.4 is 5.32 Å². The van der Waals surface area contributed by atoms with Crippen molar-refractivity contribution in [3.63, 3.8) is 0 Å². The van der Waals surface area contributed by atoms with E-state index in [1.54, 1.807) is 17.2 Å². The number of amides is 2. The molecule has 23 heavy (non-hydrogen) atoms. The highest BCUT2D eigenvalue weighted by Crippen LogP contribution is 2.06. The summed E-state index contributed by atoms with van der Waals surface area (Å²) >= 11 is 0. The molecular weight excluding hydrogens is 292 g/mol. The van der Waals surface area contributed by atoms with Crippen LogP contribution in [-0.4, -0.2) is 29.8 Å². The van der Waals surface area contributed by atoms with E-state index in [4.69, 9.17) is 4.42 Å². The van der Waals surface area contributed by atoms with E-state index in [0.29, 0.717) is 26.1 Å². The molecule has 0 aliphatic heterocycles. The van der Waals surface area contributed by atoms with Crippen LogP contribution in [0, 0.1) is 6.92 Å². The molecule has 0 saturated heterocycles. The second-order valence-corrected chi connectivity index (χ2v) is 5.54. The first-order valence-electron chi connectivity index (χ1n) is 7.65. The molecule has 0 unspecified atom stereocenters. The molecule has 0 bridgehead atoms. The molecule has 5 nitrogen and oxygen atoms in total. The molecule has 1 N–H and O–H groups in total. The average molecular weight is 314 g/mol. The maximum Gasteiger partial charge on any atom is 0.224 e. The van der Waals surface area contributed by atoms with Crippen molar-refractivity contribution < 1.29 is 14.0 Å². The van der Waals surface area contributed by atoms with Crippen LogP contribution in [0.25, 0.3) is 0 Å². The summed E-state index contributed by atoms with van der Waals surface area (Å²) < 4.78 is 5.25. The van der Waals surface area contributed by atoms with Crippen molar-refractivity contribution in [3.05, 3.63) is 59.5 Å². The van der Waals surface area contributed by atoms with Gasteiger partial charge in [-0.05, 0) is 24.6 Å². The van der Waals surface area contributed by atoms with Crippen molar-refractivity contribution in [1.29, 1.82) is 0 Å². The predicted octanol–water partition coefficient (Wildman–Crippen LogP) is 2.30. The van der Waals surface area contributed by atoms with Crippen LogP contribution in [0.4, 0.5) is 0 Å².